The average molecular weight is 378 g/mol. The molecule has 0 aromatic heterocycles. The van der Waals surface area contributed by atoms with Crippen LogP contribution in [0.15, 0.2) is 24.3 Å². The lowest BCUT2D eigenvalue weighted by molar-refractivity contribution is -0.133. The predicted molar refractivity (Wildman–Crippen MR) is 103 cm³/mol. The SMILES string of the molecule is O=C([C@@H]1C[C@@H](Oc2ccc(Cl)cc2)CN1)N1CCCN(C2CCC2)CC1. The molecule has 6 heteroatoms. The topological polar surface area (TPSA) is 44.8 Å². The maximum Gasteiger partial charge on any atom is 0.239 e. The Hall–Kier alpha value is -1.30. The van der Waals surface area contributed by atoms with Gasteiger partial charge in [-0.05, 0) is 43.5 Å². The highest BCUT2D eigenvalue weighted by atomic mass is 35.5. The molecule has 5 nitrogen and oxygen atoms in total. The molecule has 3 aliphatic rings. The smallest absolute Gasteiger partial charge is 0.239 e. The number of halogens is 1. The number of carbonyl (C=O) groups excluding carboxylic acids is 1. The number of amides is 1. The summed E-state index contributed by atoms with van der Waals surface area (Å²) in [6.45, 7) is 4.60. The molecule has 0 bridgehead atoms. The number of rotatable bonds is 4. The third kappa shape index (κ3) is 4.16. The minimum atomic E-state index is -0.123. The molecule has 1 aromatic carbocycles. The lowest BCUT2D eigenvalue weighted by Gasteiger charge is -2.36. The van der Waals surface area contributed by atoms with Gasteiger partial charge >= 0.3 is 0 Å². The van der Waals surface area contributed by atoms with Crippen LogP contribution in [0.1, 0.15) is 32.1 Å². The van der Waals surface area contributed by atoms with Crippen molar-refractivity contribution >= 4 is 17.5 Å². The van der Waals surface area contributed by atoms with Gasteiger partial charge in [-0.15, -0.1) is 0 Å². The van der Waals surface area contributed by atoms with Crippen LogP contribution in [0.5, 0.6) is 5.75 Å². The quantitative estimate of drug-likeness (QED) is 0.875. The highest BCUT2D eigenvalue weighted by Crippen LogP contribution is 2.26. The van der Waals surface area contributed by atoms with Crippen LogP contribution in [-0.4, -0.2) is 66.6 Å². The molecular formula is C20H28ClN3O2. The Morgan fingerprint density at radius 2 is 1.88 bits per heavy atom. The van der Waals surface area contributed by atoms with Gasteiger partial charge in [0.15, 0.2) is 0 Å². The second kappa shape index (κ2) is 8.15. The molecule has 1 saturated carbocycles. The molecule has 142 valence electrons. The first-order valence-corrected chi connectivity index (χ1v) is 10.3. The highest BCUT2D eigenvalue weighted by molar-refractivity contribution is 6.30. The number of hydrogen-bond acceptors (Lipinski definition) is 4. The molecule has 2 aliphatic heterocycles. The summed E-state index contributed by atoms with van der Waals surface area (Å²) in [5, 5.41) is 4.06. The van der Waals surface area contributed by atoms with Crippen molar-refractivity contribution < 1.29 is 9.53 Å². The molecule has 2 saturated heterocycles. The maximum absolute atomic E-state index is 12.9. The fourth-order valence-electron chi connectivity index (χ4n) is 4.18. The zero-order valence-electron chi connectivity index (χ0n) is 15.2. The Morgan fingerprint density at radius 3 is 2.62 bits per heavy atom. The molecule has 2 atom stereocenters. The molecule has 1 N–H and O–H groups in total. The van der Waals surface area contributed by atoms with Crippen LogP contribution in [-0.2, 0) is 4.79 Å². The highest BCUT2D eigenvalue weighted by Gasteiger charge is 2.35. The van der Waals surface area contributed by atoms with Crippen molar-refractivity contribution in [3.05, 3.63) is 29.3 Å². The number of carbonyl (C=O) groups is 1. The van der Waals surface area contributed by atoms with Crippen LogP contribution < -0.4 is 10.1 Å². The van der Waals surface area contributed by atoms with E-state index in [1.165, 1.54) is 19.3 Å². The molecule has 0 radical (unpaired) electrons. The average Bonchev–Trinajstić information content (AvgIpc) is 2.93. The monoisotopic (exact) mass is 377 g/mol. The van der Waals surface area contributed by atoms with Crippen molar-refractivity contribution in [1.29, 1.82) is 0 Å². The Labute approximate surface area is 160 Å². The van der Waals surface area contributed by atoms with Crippen molar-refractivity contribution in [3.8, 4) is 5.75 Å². The van der Waals surface area contributed by atoms with Crippen LogP contribution in [0.25, 0.3) is 0 Å². The molecule has 2 heterocycles. The van der Waals surface area contributed by atoms with Gasteiger partial charge in [0.1, 0.15) is 11.9 Å². The molecule has 1 aromatic rings. The van der Waals surface area contributed by atoms with E-state index in [0.29, 0.717) is 11.6 Å². The molecule has 4 rings (SSSR count). The van der Waals surface area contributed by atoms with E-state index in [1.807, 2.05) is 24.3 Å². The molecule has 0 unspecified atom stereocenters. The Kier molecular flexibility index (Phi) is 5.67. The van der Waals surface area contributed by atoms with Crippen LogP contribution in [0.2, 0.25) is 5.02 Å². The Morgan fingerprint density at radius 1 is 1.08 bits per heavy atom. The van der Waals surface area contributed by atoms with Gasteiger partial charge in [0.25, 0.3) is 0 Å². The summed E-state index contributed by atoms with van der Waals surface area (Å²) in [6.07, 6.45) is 5.88. The fourth-order valence-corrected chi connectivity index (χ4v) is 4.31. The van der Waals surface area contributed by atoms with Crippen molar-refractivity contribution in [2.45, 2.75) is 50.3 Å². The largest absolute Gasteiger partial charge is 0.489 e. The summed E-state index contributed by atoms with van der Waals surface area (Å²) in [5.74, 6) is 1.04. The molecule has 1 amide bonds. The summed E-state index contributed by atoms with van der Waals surface area (Å²) >= 11 is 5.91. The van der Waals surface area contributed by atoms with E-state index in [9.17, 15) is 4.79 Å². The Bertz CT molecular complexity index is 620. The molecule has 26 heavy (non-hydrogen) atoms. The number of hydrogen-bond donors (Lipinski definition) is 1. The van der Waals surface area contributed by atoms with Crippen LogP contribution >= 0.6 is 11.6 Å². The van der Waals surface area contributed by atoms with Gasteiger partial charge in [0.2, 0.25) is 5.91 Å². The first-order valence-electron chi connectivity index (χ1n) is 9.87. The van der Waals surface area contributed by atoms with E-state index in [-0.39, 0.29) is 18.1 Å². The minimum absolute atomic E-state index is 0.0311. The first kappa shape index (κ1) is 18.1. The zero-order chi connectivity index (χ0) is 17.9. The number of nitrogens with zero attached hydrogens (tertiary/aromatic N) is 2. The summed E-state index contributed by atoms with van der Waals surface area (Å²) in [4.78, 5) is 17.6. The minimum Gasteiger partial charge on any atom is -0.489 e. The summed E-state index contributed by atoms with van der Waals surface area (Å²) in [6, 6.07) is 8.05. The second-order valence-corrected chi connectivity index (χ2v) is 8.13. The van der Waals surface area contributed by atoms with Crippen LogP contribution in [0.4, 0.5) is 0 Å². The van der Waals surface area contributed by atoms with E-state index in [1.54, 1.807) is 0 Å². The van der Waals surface area contributed by atoms with E-state index in [0.717, 1.165) is 50.8 Å². The van der Waals surface area contributed by atoms with Crippen molar-refractivity contribution in [2.75, 3.05) is 32.7 Å². The summed E-state index contributed by atoms with van der Waals surface area (Å²) < 4.78 is 5.99. The lowest BCUT2D eigenvalue weighted by atomic mass is 9.91. The molecular weight excluding hydrogens is 350 g/mol. The standard InChI is InChI=1S/C20H28ClN3O2/c21-15-5-7-17(8-6-15)26-18-13-19(22-14-18)20(25)24-10-2-9-23(11-12-24)16-3-1-4-16/h5-8,16,18-19,22H,1-4,9-14H2/t18-,19+/m1/s1. The number of benzene rings is 1. The van der Waals surface area contributed by atoms with Crippen LogP contribution in [0, 0.1) is 0 Å². The normalized spacial score (nSPS) is 27.8. The summed E-state index contributed by atoms with van der Waals surface area (Å²) in [5.41, 5.74) is 0. The van der Waals surface area contributed by atoms with E-state index in [2.05, 4.69) is 15.1 Å². The third-order valence-corrected chi connectivity index (χ3v) is 6.19. The molecule has 0 spiro atoms. The van der Waals surface area contributed by atoms with Crippen molar-refractivity contribution in [3.63, 3.8) is 0 Å². The number of ether oxygens (including phenoxy) is 1. The van der Waals surface area contributed by atoms with Gasteiger partial charge in [-0.1, -0.05) is 18.0 Å². The zero-order valence-corrected chi connectivity index (χ0v) is 16.0. The van der Waals surface area contributed by atoms with Crippen LogP contribution in [0.3, 0.4) is 0 Å². The van der Waals surface area contributed by atoms with E-state index < -0.39 is 0 Å². The first-order chi connectivity index (χ1) is 12.7. The van der Waals surface area contributed by atoms with Crippen molar-refractivity contribution in [1.82, 2.24) is 15.1 Å². The van der Waals surface area contributed by atoms with Crippen molar-refractivity contribution in [2.24, 2.45) is 0 Å². The molecule has 3 fully saturated rings. The lowest BCUT2D eigenvalue weighted by Crippen LogP contribution is -2.46. The van der Waals surface area contributed by atoms with E-state index >= 15 is 0 Å². The van der Waals surface area contributed by atoms with E-state index in [4.69, 9.17) is 16.3 Å². The molecule has 1 aliphatic carbocycles. The van der Waals surface area contributed by atoms with Gasteiger partial charge in [0.05, 0.1) is 6.04 Å². The second-order valence-electron chi connectivity index (χ2n) is 7.69. The number of nitrogens with one attached hydrogen (secondary N) is 1. The predicted octanol–water partition coefficient (Wildman–Crippen LogP) is 2.54. The van der Waals surface area contributed by atoms with Gasteiger partial charge in [-0.2, -0.15) is 0 Å². The maximum atomic E-state index is 12.9. The van der Waals surface area contributed by atoms with Gasteiger partial charge in [-0.25, -0.2) is 0 Å². The summed E-state index contributed by atoms with van der Waals surface area (Å²) in [7, 11) is 0. The van der Waals surface area contributed by atoms with Gasteiger partial charge in [-0.3, -0.25) is 9.69 Å². The van der Waals surface area contributed by atoms with Gasteiger partial charge in [0, 0.05) is 50.2 Å². The van der Waals surface area contributed by atoms with Gasteiger partial charge < -0.3 is 15.0 Å². The Balaban J connectivity index is 1.27. The third-order valence-electron chi connectivity index (χ3n) is 5.94. The fraction of sp³-hybridized carbons (Fsp3) is 0.650.